The molecule has 110 valence electrons. The van der Waals surface area contributed by atoms with Crippen LogP contribution in [0.1, 0.15) is 33.3 Å². The Balaban J connectivity index is 3.47. The number of amides is 1. The minimum Gasteiger partial charge on any atom is -0.497 e. The van der Waals surface area contributed by atoms with E-state index >= 15 is 0 Å². The van der Waals surface area contributed by atoms with Crippen LogP contribution in [0.15, 0.2) is 24.3 Å². The molecule has 0 aromatic heterocycles. The summed E-state index contributed by atoms with van der Waals surface area (Å²) in [5, 5.41) is 9.68. The maximum atomic E-state index is 11.9. The van der Waals surface area contributed by atoms with Crippen LogP contribution in [0.3, 0.4) is 0 Å². The fraction of sp³-hybridized carbons (Fsp3) is 0.467. The lowest BCUT2D eigenvalue weighted by atomic mass is 9.88. The number of carbonyl (C=O) groups is 2. The van der Waals surface area contributed by atoms with E-state index in [2.05, 4.69) is 0 Å². The molecule has 1 amide bonds. The Kier molecular flexibility index (Phi) is 4.76. The Morgan fingerprint density at radius 3 is 2.35 bits per heavy atom. The molecule has 20 heavy (non-hydrogen) atoms. The Morgan fingerprint density at radius 2 is 1.95 bits per heavy atom. The van der Waals surface area contributed by atoms with E-state index in [0.717, 1.165) is 0 Å². The minimum atomic E-state index is -1.44. The molecule has 0 aliphatic heterocycles. The molecule has 1 aromatic rings. The van der Waals surface area contributed by atoms with Gasteiger partial charge in [-0.3, -0.25) is 4.79 Å². The van der Waals surface area contributed by atoms with Crippen molar-refractivity contribution in [3.8, 4) is 5.75 Å². The van der Waals surface area contributed by atoms with Crippen molar-refractivity contribution in [3.05, 3.63) is 29.8 Å². The molecule has 0 bridgehead atoms. The van der Waals surface area contributed by atoms with Crippen molar-refractivity contribution in [2.45, 2.75) is 39.3 Å². The molecule has 1 unspecified atom stereocenters. The van der Waals surface area contributed by atoms with Gasteiger partial charge >= 0.3 is 5.97 Å². The number of carbonyl (C=O) groups excluding carboxylic acids is 1. The minimum absolute atomic E-state index is 0.236. The molecule has 0 saturated heterocycles. The van der Waals surface area contributed by atoms with Gasteiger partial charge < -0.3 is 14.7 Å². The van der Waals surface area contributed by atoms with Gasteiger partial charge in [-0.15, -0.1) is 0 Å². The third-order valence-corrected chi connectivity index (χ3v) is 3.39. The molecule has 0 aliphatic rings. The summed E-state index contributed by atoms with van der Waals surface area (Å²) in [5.74, 6) is -0.801. The number of carboxylic acid groups (broad SMARTS) is 1. The molecular formula is C15H21NO4. The van der Waals surface area contributed by atoms with Crippen molar-refractivity contribution in [1.82, 2.24) is 4.90 Å². The van der Waals surface area contributed by atoms with Crippen LogP contribution in [0.2, 0.25) is 0 Å². The Labute approximate surface area is 119 Å². The molecule has 0 aliphatic carbocycles. The summed E-state index contributed by atoms with van der Waals surface area (Å²) in [7, 11) is 1.52. The van der Waals surface area contributed by atoms with Gasteiger partial charge in [-0.05, 0) is 38.5 Å². The van der Waals surface area contributed by atoms with E-state index in [0.29, 0.717) is 11.3 Å². The van der Waals surface area contributed by atoms with Gasteiger partial charge in [-0.25, -0.2) is 4.79 Å². The number of hydrogen-bond donors (Lipinski definition) is 1. The van der Waals surface area contributed by atoms with Gasteiger partial charge in [0.05, 0.1) is 7.11 Å². The number of methoxy groups -OCH3 is 1. The first kappa shape index (κ1) is 16.0. The number of nitrogens with zero attached hydrogens (tertiary/aromatic N) is 1. The van der Waals surface area contributed by atoms with Crippen molar-refractivity contribution < 1.29 is 19.4 Å². The van der Waals surface area contributed by atoms with Crippen LogP contribution in [0, 0.1) is 0 Å². The van der Waals surface area contributed by atoms with Crippen molar-refractivity contribution >= 4 is 11.9 Å². The molecule has 0 saturated carbocycles. The predicted molar refractivity (Wildman–Crippen MR) is 75.6 cm³/mol. The van der Waals surface area contributed by atoms with Crippen LogP contribution in [0.5, 0.6) is 5.75 Å². The van der Waals surface area contributed by atoms with E-state index < -0.39 is 11.5 Å². The number of rotatable bonds is 5. The molecule has 1 atom stereocenters. The van der Waals surface area contributed by atoms with Gasteiger partial charge in [0.25, 0.3) is 0 Å². The zero-order valence-corrected chi connectivity index (χ0v) is 12.5. The van der Waals surface area contributed by atoms with Crippen LogP contribution in [-0.4, -0.2) is 35.0 Å². The van der Waals surface area contributed by atoms with Crippen molar-refractivity contribution in [2.24, 2.45) is 0 Å². The highest BCUT2D eigenvalue weighted by Gasteiger charge is 2.44. The lowest BCUT2D eigenvalue weighted by molar-refractivity contribution is -0.160. The predicted octanol–water partition coefficient (Wildman–Crippen LogP) is 2.25. The topological polar surface area (TPSA) is 66.8 Å². The first-order valence-electron chi connectivity index (χ1n) is 6.43. The number of benzene rings is 1. The number of hydrogen-bond acceptors (Lipinski definition) is 3. The fourth-order valence-electron chi connectivity index (χ4n) is 2.49. The largest absolute Gasteiger partial charge is 0.497 e. The van der Waals surface area contributed by atoms with Gasteiger partial charge in [-0.1, -0.05) is 12.1 Å². The molecule has 0 heterocycles. The van der Waals surface area contributed by atoms with Crippen LogP contribution < -0.4 is 4.74 Å². The number of aliphatic carboxylic acids is 1. The van der Waals surface area contributed by atoms with Gasteiger partial charge in [0, 0.05) is 13.0 Å². The molecule has 1 rings (SSSR count). The summed E-state index contributed by atoms with van der Waals surface area (Å²) < 4.78 is 5.13. The van der Waals surface area contributed by atoms with Crippen LogP contribution in [0.25, 0.3) is 0 Å². The summed E-state index contributed by atoms with van der Waals surface area (Å²) >= 11 is 0. The lowest BCUT2D eigenvalue weighted by Crippen LogP contribution is -2.55. The van der Waals surface area contributed by atoms with Crippen LogP contribution in [-0.2, 0) is 15.1 Å². The molecule has 5 nitrogen and oxygen atoms in total. The molecule has 0 fully saturated rings. The van der Waals surface area contributed by atoms with Crippen LogP contribution >= 0.6 is 0 Å². The maximum Gasteiger partial charge on any atom is 0.334 e. The fourth-order valence-corrected chi connectivity index (χ4v) is 2.49. The van der Waals surface area contributed by atoms with E-state index in [1.165, 1.54) is 25.9 Å². The summed E-state index contributed by atoms with van der Waals surface area (Å²) in [6, 6.07) is 6.55. The van der Waals surface area contributed by atoms with E-state index in [1.54, 1.807) is 38.1 Å². The molecule has 0 radical (unpaired) electrons. The van der Waals surface area contributed by atoms with Gasteiger partial charge in [-0.2, -0.15) is 0 Å². The van der Waals surface area contributed by atoms with Gasteiger partial charge in [0.2, 0.25) is 5.91 Å². The van der Waals surface area contributed by atoms with Gasteiger partial charge in [0.1, 0.15) is 5.75 Å². The SMILES string of the molecule is COc1cccc(C(C)(C(=O)O)N(C(C)=O)C(C)C)c1. The summed E-state index contributed by atoms with van der Waals surface area (Å²) in [6.07, 6.45) is 0. The third-order valence-electron chi connectivity index (χ3n) is 3.39. The average Bonchev–Trinajstić information content (AvgIpc) is 2.37. The molecule has 0 spiro atoms. The average molecular weight is 279 g/mol. The Morgan fingerprint density at radius 1 is 1.35 bits per heavy atom. The second-order valence-electron chi connectivity index (χ2n) is 5.09. The molecule has 1 N–H and O–H groups in total. The van der Waals surface area contributed by atoms with E-state index in [1.807, 2.05) is 0 Å². The van der Waals surface area contributed by atoms with Gasteiger partial charge in [0.15, 0.2) is 5.54 Å². The zero-order chi connectivity index (χ0) is 15.5. The number of carboxylic acids is 1. The molecule has 1 aromatic carbocycles. The van der Waals surface area contributed by atoms with Crippen molar-refractivity contribution in [2.75, 3.05) is 7.11 Å². The monoisotopic (exact) mass is 279 g/mol. The quantitative estimate of drug-likeness (QED) is 0.897. The van der Waals surface area contributed by atoms with E-state index in [4.69, 9.17) is 4.74 Å². The Bertz CT molecular complexity index is 512. The zero-order valence-electron chi connectivity index (χ0n) is 12.5. The first-order chi connectivity index (χ1) is 9.25. The summed E-state index contributed by atoms with van der Waals surface area (Å²) in [5.41, 5.74) is -0.928. The Hall–Kier alpha value is -2.04. The number of ether oxygens (including phenoxy) is 1. The lowest BCUT2D eigenvalue weighted by Gasteiger charge is -2.40. The first-order valence-corrected chi connectivity index (χ1v) is 6.43. The second-order valence-corrected chi connectivity index (χ2v) is 5.09. The van der Waals surface area contributed by atoms with Crippen molar-refractivity contribution in [3.63, 3.8) is 0 Å². The highest BCUT2D eigenvalue weighted by molar-refractivity contribution is 5.87. The van der Waals surface area contributed by atoms with Crippen molar-refractivity contribution in [1.29, 1.82) is 0 Å². The normalized spacial score (nSPS) is 13.7. The molecule has 5 heteroatoms. The standard InChI is InChI=1S/C15H21NO4/c1-10(2)16(11(3)17)15(4,14(18)19)12-7-6-8-13(9-12)20-5/h6-10H,1-5H3,(H,18,19). The summed E-state index contributed by atoms with van der Waals surface area (Å²) in [6.45, 7) is 6.50. The smallest absolute Gasteiger partial charge is 0.334 e. The highest BCUT2D eigenvalue weighted by atomic mass is 16.5. The third kappa shape index (κ3) is 2.76. The van der Waals surface area contributed by atoms with E-state index in [-0.39, 0.29) is 11.9 Å². The second kappa shape index (κ2) is 5.94. The molecular weight excluding hydrogens is 258 g/mol. The summed E-state index contributed by atoms with van der Waals surface area (Å²) in [4.78, 5) is 25.1. The van der Waals surface area contributed by atoms with Crippen LogP contribution in [0.4, 0.5) is 0 Å². The highest BCUT2D eigenvalue weighted by Crippen LogP contribution is 2.32. The van der Waals surface area contributed by atoms with E-state index in [9.17, 15) is 14.7 Å². The maximum absolute atomic E-state index is 11.9.